The molecule has 0 spiro atoms. The van der Waals surface area contributed by atoms with E-state index in [1.165, 1.54) is 0 Å². The molecule has 2 nitrogen and oxygen atoms in total. The number of hydrogen-bond donors (Lipinski definition) is 2. The van der Waals surface area contributed by atoms with Crippen molar-refractivity contribution in [3.8, 4) is 0 Å². The van der Waals surface area contributed by atoms with Crippen molar-refractivity contribution in [2.45, 2.75) is 39.9 Å². The zero-order valence-electron chi connectivity index (χ0n) is 7.13. The van der Waals surface area contributed by atoms with Crippen LogP contribution >= 0.6 is 0 Å². The molecule has 0 heterocycles. The Morgan fingerprint density at radius 1 is 0.800 bits per heavy atom. The first-order valence-corrected chi connectivity index (χ1v) is 2.83. The fraction of sp³-hybridized carbons (Fsp3) is 1.00. The summed E-state index contributed by atoms with van der Waals surface area (Å²) in [5.41, 5.74) is 0. The van der Waals surface area contributed by atoms with Gasteiger partial charge in [0.1, 0.15) is 0 Å². The van der Waals surface area contributed by atoms with E-state index < -0.39 is 0 Å². The quantitative estimate of drug-likeness (QED) is 0.549. The first-order chi connectivity index (χ1) is 3.46. The molecular weight excluding hydrogens is 179 g/mol. The number of hydrogen-bond acceptors (Lipinski definition) is 2. The van der Waals surface area contributed by atoms with Gasteiger partial charge in [-0.1, -0.05) is 0 Å². The van der Waals surface area contributed by atoms with Crippen molar-refractivity contribution < 1.29 is 31.9 Å². The first-order valence-electron chi connectivity index (χ1n) is 2.83. The average molecular weight is 195 g/mol. The van der Waals surface area contributed by atoms with Crippen molar-refractivity contribution in [3.63, 3.8) is 0 Å². The molecule has 0 amide bonds. The van der Waals surface area contributed by atoms with Gasteiger partial charge in [-0.3, -0.25) is 0 Å². The van der Waals surface area contributed by atoms with E-state index in [9.17, 15) is 0 Å². The molecule has 0 aliphatic carbocycles. The van der Waals surface area contributed by atoms with E-state index in [2.05, 4.69) is 0 Å². The predicted octanol–water partition coefficient (Wildman–Crippen LogP) is 0.391. The van der Waals surface area contributed by atoms with Gasteiger partial charge < -0.3 is 10.2 Å². The molecule has 0 saturated heterocycles. The van der Waals surface area contributed by atoms with E-state index in [-0.39, 0.29) is 51.3 Å². The van der Waals surface area contributed by atoms with E-state index in [1.807, 2.05) is 0 Å². The van der Waals surface area contributed by atoms with Crippen LogP contribution in [-0.4, -0.2) is 39.8 Å². The minimum absolute atomic E-state index is 0. The van der Waals surface area contributed by atoms with Gasteiger partial charge in [-0.25, -0.2) is 0 Å². The molecule has 3 radical (unpaired) electrons. The van der Waals surface area contributed by atoms with Crippen LogP contribution in [-0.2, 0) is 21.7 Å². The van der Waals surface area contributed by atoms with Crippen LogP contribution in [0, 0.1) is 0 Å². The standard InChI is InChI=1S/2C3H8O.Al.Ti/c2*1-3(2)4;;/h2*3-4H,1-2H3;;. The van der Waals surface area contributed by atoms with Crippen LogP contribution in [0.4, 0.5) is 0 Å². The van der Waals surface area contributed by atoms with Crippen LogP contribution in [0.3, 0.4) is 0 Å². The fourth-order valence-corrected chi connectivity index (χ4v) is 0. The Morgan fingerprint density at radius 3 is 0.800 bits per heavy atom. The Kier molecular flexibility index (Phi) is 37.4. The van der Waals surface area contributed by atoms with Crippen LogP contribution in [0.1, 0.15) is 27.7 Å². The van der Waals surface area contributed by atoms with Gasteiger partial charge in [0.15, 0.2) is 0 Å². The third-order valence-corrected chi connectivity index (χ3v) is 0. The Labute approximate surface area is 89.0 Å². The zero-order chi connectivity index (χ0) is 7.15. The predicted molar refractivity (Wildman–Crippen MR) is 40.5 cm³/mol. The summed E-state index contributed by atoms with van der Waals surface area (Å²) < 4.78 is 0. The Hall–Kier alpha value is 1.17. The monoisotopic (exact) mass is 195 g/mol. The second-order valence-electron chi connectivity index (χ2n) is 2.19. The molecule has 0 atom stereocenters. The number of aliphatic hydroxyl groups is 2. The minimum Gasteiger partial charge on any atom is -0.394 e. The van der Waals surface area contributed by atoms with Crippen LogP contribution in [0.2, 0.25) is 0 Å². The largest absolute Gasteiger partial charge is 0.394 e. The molecule has 0 aromatic carbocycles. The molecule has 0 aromatic heterocycles. The summed E-state index contributed by atoms with van der Waals surface area (Å²) in [7, 11) is 0. The van der Waals surface area contributed by atoms with E-state index in [0.717, 1.165) is 0 Å². The van der Waals surface area contributed by atoms with Gasteiger partial charge in [0.2, 0.25) is 0 Å². The normalized spacial score (nSPS) is 7.20. The third kappa shape index (κ3) is 449. The van der Waals surface area contributed by atoms with Gasteiger partial charge in [0.05, 0.1) is 0 Å². The average Bonchev–Trinajstić information content (AvgIpc) is 1.25. The molecule has 0 aliphatic heterocycles. The summed E-state index contributed by atoms with van der Waals surface area (Å²) >= 11 is 0. The van der Waals surface area contributed by atoms with Gasteiger partial charge in [-0.2, -0.15) is 0 Å². The van der Waals surface area contributed by atoms with Crippen molar-refractivity contribution in [1.29, 1.82) is 0 Å². The zero-order valence-corrected chi connectivity index (χ0v) is 9.84. The Bertz CT molecular complexity index is 31.2. The summed E-state index contributed by atoms with van der Waals surface area (Å²) in [5.74, 6) is 0. The molecule has 0 aliphatic rings. The number of aliphatic hydroxyl groups excluding tert-OH is 2. The van der Waals surface area contributed by atoms with Gasteiger partial charge in [-0.15, -0.1) is 0 Å². The van der Waals surface area contributed by atoms with Crippen molar-refractivity contribution >= 4 is 17.4 Å². The minimum atomic E-state index is -0.167. The molecule has 0 unspecified atom stereocenters. The molecule has 0 rings (SSSR count). The van der Waals surface area contributed by atoms with Gasteiger partial charge in [-0.05, 0) is 27.7 Å². The molecule has 10 heavy (non-hydrogen) atoms. The molecule has 2 N–H and O–H groups in total. The van der Waals surface area contributed by atoms with E-state index in [0.29, 0.717) is 0 Å². The summed E-state index contributed by atoms with van der Waals surface area (Å²) in [6.45, 7) is 6.89. The Morgan fingerprint density at radius 2 is 0.800 bits per heavy atom. The maximum atomic E-state index is 8.06. The maximum absolute atomic E-state index is 8.06. The topological polar surface area (TPSA) is 40.5 Å². The molecule has 4 heteroatoms. The molecule has 0 aromatic rings. The molecule has 59 valence electrons. The number of rotatable bonds is 0. The van der Waals surface area contributed by atoms with E-state index >= 15 is 0 Å². The van der Waals surface area contributed by atoms with E-state index in [4.69, 9.17) is 10.2 Å². The summed E-state index contributed by atoms with van der Waals surface area (Å²) in [4.78, 5) is 0. The summed E-state index contributed by atoms with van der Waals surface area (Å²) in [6.07, 6.45) is -0.333. The van der Waals surface area contributed by atoms with Crippen molar-refractivity contribution in [2.24, 2.45) is 0 Å². The van der Waals surface area contributed by atoms with Crippen molar-refractivity contribution in [2.75, 3.05) is 0 Å². The third-order valence-electron chi connectivity index (χ3n) is 0. The van der Waals surface area contributed by atoms with Gasteiger partial charge in [0, 0.05) is 51.3 Å². The molecule has 0 bridgehead atoms. The molecular formula is C6H16AlO2Ti. The van der Waals surface area contributed by atoms with Crippen LogP contribution in [0.25, 0.3) is 0 Å². The van der Waals surface area contributed by atoms with Gasteiger partial charge >= 0.3 is 0 Å². The smallest absolute Gasteiger partial charge is 0.0483 e. The maximum Gasteiger partial charge on any atom is 0.0483 e. The second-order valence-corrected chi connectivity index (χ2v) is 2.19. The first kappa shape index (κ1) is 22.5. The van der Waals surface area contributed by atoms with Crippen molar-refractivity contribution in [3.05, 3.63) is 0 Å². The van der Waals surface area contributed by atoms with E-state index in [1.54, 1.807) is 27.7 Å². The fourth-order valence-electron chi connectivity index (χ4n) is 0. The van der Waals surface area contributed by atoms with Crippen LogP contribution in [0.5, 0.6) is 0 Å². The SMILES string of the molecule is CC(C)O.CC(C)O.[Al].[Ti]. The second kappa shape index (κ2) is 16.6. The summed E-state index contributed by atoms with van der Waals surface area (Å²) in [6, 6.07) is 0. The Balaban J connectivity index is -0.0000000300. The molecule has 0 fully saturated rings. The van der Waals surface area contributed by atoms with Crippen LogP contribution in [0.15, 0.2) is 0 Å². The molecule has 0 saturated carbocycles. The van der Waals surface area contributed by atoms with Crippen molar-refractivity contribution in [1.82, 2.24) is 0 Å². The van der Waals surface area contributed by atoms with Gasteiger partial charge in [0.25, 0.3) is 0 Å². The summed E-state index contributed by atoms with van der Waals surface area (Å²) in [5, 5.41) is 16.1. The van der Waals surface area contributed by atoms with Crippen LogP contribution < -0.4 is 0 Å².